The van der Waals surface area contributed by atoms with Crippen LogP contribution in [0.4, 0.5) is 11.4 Å². The van der Waals surface area contributed by atoms with Crippen molar-refractivity contribution in [3.63, 3.8) is 0 Å². The van der Waals surface area contributed by atoms with E-state index in [1.807, 2.05) is 0 Å². The van der Waals surface area contributed by atoms with Crippen molar-refractivity contribution in [2.45, 2.75) is 50.7 Å². The molecule has 2 aliphatic rings. The third kappa shape index (κ3) is 4.56. The topological polar surface area (TPSA) is 78.0 Å². The molecule has 0 bridgehead atoms. The molecular formula is C26H33N3O4S. The summed E-state index contributed by atoms with van der Waals surface area (Å²) in [7, 11) is -3.66. The Balaban J connectivity index is 1.39. The van der Waals surface area contributed by atoms with Gasteiger partial charge in [0.25, 0.3) is 0 Å². The lowest BCUT2D eigenvalue weighted by Crippen LogP contribution is -2.49. The van der Waals surface area contributed by atoms with E-state index in [0.717, 1.165) is 24.3 Å². The summed E-state index contributed by atoms with van der Waals surface area (Å²) in [5.74, 6) is -0.174. The monoisotopic (exact) mass is 483 g/mol. The third-order valence-corrected chi connectivity index (χ3v) is 9.33. The van der Waals surface area contributed by atoms with E-state index in [1.54, 1.807) is 34.9 Å². The van der Waals surface area contributed by atoms with Crippen molar-refractivity contribution in [1.29, 1.82) is 0 Å². The Kier molecular flexibility index (Phi) is 6.71. The molecule has 7 nitrogen and oxygen atoms in total. The van der Waals surface area contributed by atoms with Crippen LogP contribution in [0.2, 0.25) is 0 Å². The van der Waals surface area contributed by atoms with E-state index in [1.165, 1.54) is 23.7 Å². The zero-order chi connectivity index (χ0) is 24.6. The molecule has 0 aromatic heterocycles. The van der Waals surface area contributed by atoms with Crippen LogP contribution in [0.5, 0.6) is 0 Å². The number of hydrogen-bond donors (Lipinski definition) is 0. The highest BCUT2D eigenvalue weighted by atomic mass is 32.2. The maximum Gasteiger partial charge on any atom is 0.224 e. The zero-order valence-corrected chi connectivity index (χ0v) is 21.2. The van der Waals surface area contributed by atoms with Crippen molar-refractivity contribution < 1.29 is 18.0 Å². The molecule has 0 saturated carbocycles. The summed E-state index contributed by atoms with van der Waals surface area (Å²) in [5, 5.41) is -0.819. The second-order valence-electron chi connectivity index (χ2n) is 9.36. The molecule has 34 heavy (non-hydrogen) atoms. The summed E-state index contributed by atoms with van der Waals surface area (Å²) in [6, 6.07) is 11.2. The van der Waals surface area contributed by atoms with Crippen LogP contribution in [0.1, 0.15) is 37.0 Å². The SMILES string of the molecule is CC(=O)N1CCc2cc(S(=O)(=O)[C@@H](C)CC(=O)N3CCN(c4cccc(C)c4C)CC3)ccc21. The van der Waals surface area contributed by atoms with Gasteiger partial charge in [0.05, 0.1) is 10.1 Å². The molecule has 0 N–H and O–H groups in total. The maximum absolute atomic E-state index is 13.2. The van der Waals surface area contributed by atoms with Gasteiger partial charge >= 0.3 is 0 Å². The molecule has 0 spiro atoms. The molecule has 0 unspecified atom stereocenters. The molecule has 2 aliphatic heterocycles. The molecule has 1 atom stereocenters. The van der Waals surface area contributed by atoms with Crippen LogP contribution in [-0.4, -0.2) is 63.1 Å². The number of carbonyl (C=O) groups excluding carboxylic acids is 2. The number of fused-ring (bicyclic) bond motifs is 1. The van der Waals surface area contributed by atoms with Crippen LogP contribution in [-0.2, 0) is 25.8 Å². The first-order chi connectivity index (χ1) is 16.1. The summed E-state index contributed by atoms with van der Waals surface area (Å²) in [6.45, 7) is 10.5. The number of rotatable bonds is 5. The predicted octanol–water partition coefficient (Wildman–Crippen LogP) is 3.11. The zero-order valence-electron chi connectivity index (χ0n) is 20.4. The van der Waals surface area contributed by atoms with E-state index >= 15 is 0 Å². The molecule has 0 radical (unpaired) electrons. The summed E-state index contributed by atoms with van der Waals surface area (Å²) in [4.78, 5) is 30.7. The Labute approximate surface area is 202 Å². The number of anilines is 2. The molecule has 1 saturated heterocycles. The number of piperazine rings is 1. The van der Waals surface area contributed by atoms with E-state index in [-0.39, 0.29) is 23.1 Å². The van der Waals surface area contributed by atoms with Gasteiger partial charge in [-0.25, -0.2) is 8.42 Å². The number of hydrogen-bond acceptors (Lipinski definition) is 5. The van der Waals surface area contributed by atoms with Crippen molar-refractivity contribution in [2.75, 3.05) is 42.5 Å². The largest absolute Gasteiger partial charge is 0.368 e. The number of aryl methyl sites for hydroxylation is 1. The predicted molar refractivity (Wildman–Crippen MR) is 134 cm³/mol. The fourth-order valence-corrected chi connectivity index (χ4v) is 6.27. The molecule has 8 heteroatoms. The lowest BCUT2D eigenvalue weighted by molar-refractivity contribution is -0.131. The minimum Gasteiger partial charge on any atom is -0.368 e. The van der Waals surface area contributed by atoms with E-state index < -0.39 is 15.1 Å². The van der Waals surface area contributed by atoms with Gasteiger partial charge in [-0.05, 0) is 68.1 Å². The minimum absolute atomic E-state index is 0.0392. The average Bonchev–Trinajstić information content (AvgIpc) is 3.24. The molecule has 4 rings (SSSR count). The minimum atomic E-state index is -3.66. The van der Waals surface area contributed by atoms with Gasteiger partial charge in [0.1, 0.15) is 0 Å². The summed E-state index contributed by atoms with van der Waals surface area (Å²) in [5.41, 5.74) is 5.33. The van der Waals surface area contributed by atoms with Crippen LogP contribution in [0.15, 0.2) is 41.3 Å². The Hall–Kier alpha value is -2.87. The second kappa shape index (κ2) is 9.41. The number of amides is 2. The average molecular weight is 484 g/mol. The van der Waals surface area contributed by atoms with Gasteiger partial charge in [-0.15, -0.1) is 0 Å². The highest BCUT2D eigenvalue weighted by Crippen LogP contribution is 2.32. The van der Waals surface area contributed by atoms with Crippen molar-refractivity contribution in [1.82, 2.24) is 4.90 Å². The molecule has 2 heterocycles. The van der Waals surface area contributed by atoms with E-state index in [2.05, 4.69) is 36.9 Å². The molecule has 1 fully saturated rings. The van der Waals surface area contributed by atoms with Crippen molar-refractivity contribution >= 4 is 33.0 Å². The van der Waals surface area contributed by atoms with Gasteiger partial charge in [0.15, 0.2) is 9.84 Å². The molecule has 2 aromatic rings. The third-order valence-electron chi connectivity index (χ3n) is 7.20. The molecular weight excluding hydrogens is 450 g/mol. The first kappa shape index (κ1) is 24.3. The van der Waals surface area contributed by atoms with Gasteiger partial charge in [0, 0.05) is 57.4 Å². The van der Waals surface area contributed by atoms with E-state index in [4.69, 9.17) is 0 Å². The van der Waals surface area contributed by atoms with E-state index in [9.17, 15) is 18.0 Å². The molecule has 2 amide bonds. The maximum atomic E-state index is 13.2. The summed E-state index contributed by atoms with van der Waals surface area (Å²) < 4.78 is 26.4. The first-order valence-electron chi connectivity index (χ1n) is 11.8. The highest BCUT2D eigenvalue weighted by Gasteiger charge is 2.31. The number of carbonyl (C=O) groups is 2. The number of nitrogens with zero attached hydrogens (tertiary/aromatic N) is 3. The van der Waals surface area contributed by atoms with Crippen LogP contribution < -0.4 is 9.80 Å². The van der Waals surface area contributed by atoms with Crippen LogP contribution in [0, 0.1) is 13.8 Å². The summed E-state index contributed by atoms with van der Waals surface area (Å²) >= 11 is 0. The lowest BCUT2D eigenvalue weighted by atomic mass is 10.1. The van der Waals surface area contributed by atoms with Crippen LogP contribution in [0.3, 0.4) is 0 Å². The number of benzene rings is 2. The molecule has 2 aromatic carbocycles. The normalized spacial score (nSPS) is 17.0. The van der Waals surface area contributed by atoms with Gasteiger partial charge in [0.2, 0.25) is 11.8 Å². The fourth-order valence-electron chi connectivity index (χ4n) is 4.87. The van der Waals surface area contributed by atoms with Gasteiger partial charge in [-0.3, -0.25) is 9.59 Å². The second-order valence-corrected chi connectivity index (χ2v) is 11.7. The highest BCUT2D eigenvalue weighted by molar-refractivity contribution is 7.92. The van der Waals surface area contributed by atoms with E-state index in [0.29, 0.717) is 26.1 Å². The molecule has 182 valence electrons. The standard InChI is InChI=1S/C26H33N3O4S/c1-18-6-5-7-24(20(18)3)27-12-14-28(15-13-27)26(31)16-19(2)34(32,33)23-8-9-25-22(17-23)10-11-29(25)21(4)30/h5-9,17,19H,10-16H2,1-4H3/t19-/m0/s1. The van der Waals surface area contributed by atoms with Crippen molar-refractivity contribution in [3.05, 3.63) is 53.1 Å². The molecule has 0 aliphatic carbocycles. The quantitative estimate of drug-likeness (QED) is 0.653. The van der Waals surface area contributed by atoms with Crippen molar-refractivity contribution in [3.8, 4) is 0 Å². The van der Waals surface area contributed by atoms with Gasteiger partial charge in [-0.1, -0.05) is 12.1 Å². The Morgan fingerprint density at radius 1 is 0.971 bits per heavy atom. The van der Waals surface area contributed by atoms with Crippen molar-refractivity contribution in [2.24, 2.45) is 0 Å². The first-order valence-corrected chi connectivity index (χ1v) is 13.4. The Bertz CT molecular complexity index is 1220. The number of sulfone groups is 1. The van der Waals surface area contributed by atoms with Crippen LogP contribution in [0.25, 0.3) is 0 Å². The lowest BCUT2D eigenvalue weighted by Gasteiger charge is -2.37. The summed E-state index contributed by atoms with van der Waals surface area (Å²) in [6.07, 6.45) is 0.596. The fraction of sp³-hybridized carbons (Fsp3) is 0.462. The van der Waals surface area contributed by atoms with Crippen LogP contribution >= 0.6 is 0 Å². The Morgan fingerprint density at radius 3 is 2.35 bits per heavy atom. The van der Waals surface area contributed by atoms with Gasteiger partial charge < -0.3 is 14.7 Å². The Morgan fingerprint density at radius 2 is 1.68 bits per heavy atom. The smallest absolute Gasteiger partial charge is 0.224 e. The van der Waals surface area contributed by atoms with Gasteiger partial charge in [-0.2, -0.15) is 0 Å².